The van der Waals surface area contributed by atoms with Crippen molar-refractivity contribution < 1.29 is 0 Å². The number of rotatable bonds is 6. The van der Waals surface area contributed by atoms with E-state index in [0.717, 1.165) is 13.1 Å². The maximum Gasteiger partial charge on any atom is 0.0312 e. The standard InChI is InChI=1S/C16H21N3/c1-19(12-14-6-5-9-18-11-14)13-16(10-17)15-7-3-2-4-8-15/h2-9,11,16H,10,12-13,17H2,1H3. The minimum absolute atomic E-state index is 0.378. The first-order valence-electron chi connectivity index (χ1n) is 6.62. The van der Waals surface area contributed by atoms with Gasteiger partial charge in [-0.15, -0.1) is 0 Å². The third-order valence-electron chi connectivity index (χ3n) is 3.26. The van der Waals surface area contributed by atoms with E-state index in [1.165, 1.54) is 11.1 Å². The van der Waals surface area contributed by atoms with Crippen LogP contribution in [0.25, 0.3) is 0 Å². The molecule has 0 aliphatic carbocycles. The lowest BCUT2D eigenvalue weighted by Crippen LogP contribution is -2.28. The van der Waals surface area contributed by atoms with Crippen LogP contribution in [0, 0.1) is 0 Å². The molecule has 0 radical (unpaired) electrons. The van der Waals surface area contributed by atoms with Gasteiger partial charge >= 0.3 is 0 Å². The normalized spacial score (nSPS) is 12.6. The molecule has 0 aliphatic rings. The van der Waals surface area contributed by atoms with E-state index in [1.807, 2.05) is 18.3 Å². The maximum atomic E-state index is 5.91. The Labute approximate surface area is 115 Å². The number of likely N-dealkylation sites (N-methyl/N-ethyl adjacent to an activating group) is 1. The first kappa shape index (κ1) is 13.7. The van der Waals surface area contributed by atoms with Crippen LogP contribution in [0.1, 0.15) is 17.0 Å². The summed E-state index contributed by atoms with van der Waals surface area (Å²) in [5.74, 6) is 0.378. The fraction of sp³-hybridized carbons (Fsp3) is 0.312. The minimum Gasteiger partial charge on any atom is -0.330 e. The number of hydrogen-bond acceptors (Lipinski definition) is 3. The van der Waals surface area contributed by atoms with Crippen LogP contribution in [0.15, 0.2) is 54.9 Å². The van der Waals surface area contributed by atoms with Gasteiger partial charge in [-0.2, -0.15) is 0 Å². The topological polar surface area (TPSA) is 42.2 Å². The minimum atomic E-state index is 0.378. The smallest absolute Gasteiger partial charge is 0.0312 e. The lowest BCUT2D eigenvalue weighted by atomic mass is 9.99. The Morgan fingerprint density at radius 3 is 2.58 bits per heavy atom. The van der Waals surface area contributed by atoms with E-state index >= 15 is 0 Å². The SMILES string of the molecule is CN(Cc1cccnc1)CC(CN)c1ccccc1. The molecule has 100 valence electrons. The predicted molar refractivity (Wildman–Crippen MR) is 78.8 cm³/mol. The van der Waals surface area contributed by atoms with Gasteiger partial charge in [-0.1, -0.05) is 36.4 Å². The molecule has 3 heteroatoms. The van der Waals surface area contributed by atoms with Gasteiger partial charge in [0.1, 0.15) is 0 Å². The molecule has 1 aromatic carbocycles. The molecule has 2 N–H and O–H groups in total. The van der Waals surface area contributed by atoms with Gasteiger partial charge in [0.2, 0.25) is 0 Å². The summed E-state index contributed by atoms with van der Waals surface area (Å²) in [4.78, 5) is 6.44. The van der Waals surface area contributed by atoms with E-state index in [4.69, 9.17) is 5.73 Å². The van der Waals surface area contributed by atoms with E-state index in [0.29, 0.717) is 12.5 Å². The molecule has 2 aromatic rings. The van der Waals surface area contributed by atoms with Crippen molar-refractivity contribution in [3.8, 4) is 0 Å². The summed E-state index contributed by atoms with van der Waals surface area (Å²) >= 11 is 0. The Balaban J connectivity index is 1.95. The Morgan fingerprint density at radius 2 is 1.95 bits per heavy atom. The molecule has 0 saturated carbocycles. The van der Waals surface area contributed by atoms with Gasteiger partial charge in [0.25, 0.3) is 0 Å². The summed E-state index contributed by atoms with van der Waals surface area (Å²) in [6, 6.07) is 14.5. The van der Waals surface area contributed by atoms with Crippen LogP contribution in [0.3, 0.4) is 0 Å². The monoisotopic (exact) mass is 255 g/mol. The molecule has 1 unspecified atom stereocenters. The summed E-state index contributed by atoms with van der Waals surface area (Å²) < 4.78 is 0. The summed E-state index contributed by atoms with van der Waals surface area (Å²) in [5.41, 5.74) is 8.45. The average molecular weight is 255 g/mol. The third-order valence-corrected chi connectivity index (χ3v) is 3.26. The van der Waals surface area contributed by atoms with Crippen molar-refractivity contribution in [2.24, 2.45) is 5.73 Å². The zero-order valence-corrected chi connectivity index (χ0v) is 11.4. The molecule has 0 saturated heterocycles. The summed E-state index contributed by atoms with van der Waals surface area (Å²) in [6.07, 6.45) is 3.71. The van der Waals surface area contributed by atoms with Crippen molar-refractivity contribution in [1.29, 1.82) is 0 Å². The maximum absolute atomic E-state index is 5.91. The van der Waals surface area contributed by atoms with E-state index in [1.54, 1.807) is 6.20 Å². The van der Waals surface area contributed by atoms with Gasteiger partial charge in [-0.3, -0.25) is 4.98 Å². The van der Waals surface area contributed by atoms with Crippen LogP contribution >= 0.6 is 0 Å². The highest BCUT2D eigenvalue weighted by Gasteiger charge is 2.12. The summed E-state index contributed by atoms with van der Waals surface area (Å²) in [6.45, 7) is 2.52. The zero-order valence-electron chi connectivity index (χ0n) is 11.4. The van der Waals surface area contributed by atoms with Gasteiger partial charge < -0.3 is 10.6 Å². The molecule has 3 nitrogen and oxygen atoms in total. The molecular formula is C16H21N3. The molecule has 1 heterocycles. The van der Waals surface area contributed by atoms with Gasteiger partial charge in [0.15, 0.2) is 0 Å². The lowest BCUT2D eigenvalue weighted by Gasteiger charge is -2.23. The van der Waals surface area contributed by atoms with Gasteiger partial charge in [-0.05, 0) is 24.2 Å². The number of aromatic nitrogens is 1. The van der Waals surface area contributed by atoms with Crippen LogP contribution in [0.2, 0.25) is 0 Å². The number of pyridine rings is 1. The van der Waals surface area contributed by atoms with Gasteiger partial charge in [-0.25, -0.2) is 0 Å². The van der Waals surface area contributed by atoms with Crippen molar-refractivity contribution in [3.05, 3.63) is 66.0 Å². The first-order chi connectivity index (χ1) is 9.29. The largest absolute Gasteiger partial charge is 0.330 e. The molecule has 2 rings (SSSR count). The third kappa shape index (κ3) is 4.16. The number of nitrogens with two attached hydrogens (primary N) is 1. The molecule has 0 spiro atoms. The van der Waals surface area contributed by atoms with Crippen molar-refractivity contribution in [3.63, 3.8) is 0 Å². The molecule has 0 fully saturated rings. The predicted octanol–water partition coefficient (Wildman–Crippen LogP) is 2.26. The van der Waals surface area contributed by atoms with Crippen LogP contribution in [-0.4, -0.2) is 30.0 Å². The van der Waals surface area contributed by atoms with E-state index in [-0.39, 0.29) is 0 Å². The first-order valence-corrected chi connectivity index (χ1v) is 6.62. The second-order valence-corrected chi connectivity index (χ2v) is 4.90. The number of hydrogen-bond donors (Lipinski definition) is 1. The van der Waals surface area contributed by atoms with E-state index < -0.39 is 0 Å². The lowest BCUT2D eigenvalue weighted by molar-refractivity contribution is 0.304. The second-order valence-electron chi connectivity index (χ2n) is 4.90. The Hall–Kier alpha value is -1.71. The molecule has 0 amide bonds. The molecule has 1 atom stereocenters. The number of benzene rings is 1. The summed E-state index contributed by atoms with van der Waals surface area (Å²) in [7, 11) is 2.12. The fourth-order valence-corrected chi connectivity index (χ4v) is 2.29. The molecular weight excluding hydrogens is 234 g/mol. The van der Waals surface area contributed by atoms with E-state index in [9.17, 15) is 0 Å². The second kappa shape index (κ2) is 7.02. The average Bonchev–Trinajstić information content (AvgIpc) is 2.47. The Morgan fingerprint density at radius 1 is 1.16 bits per heavy atom. The molecule has 1 aromatic heterocycles. The van der Waals surface area contributed by atoms with Crippen LogP contribution in [-0.2, 0) is 6.54 Å². The molecule has 0 aliphatic heterocycles. The van der Waals surface area contributed by atoms with Crippen LogP contribution in [0.5, 0.6) is 0 Å². The van der Waals surface area contributed by atoms with Crippen molar-refractivity contribution in [1.82, 2.24) is 9.88 Å². The Kier molecular flexibility index (Phi) is 5.07. The Bertz CT molecular complexity index is 470. The molecule has 19 heavy (non-hydrogen) atoms. The zero-order chi connectivity index (χ0) is 13.5. The van der Waals surface area contributed by atoms with Crippen LogP contribution in [0.4, 0.5) is 0 Å². The summed E-state index contributed by atoms with van der Waals surface area (Å²) in [5, 5.41) is 0. The van der Waals surface area contributed by atoms with Crippen molar-refractivity contribution in [2.45, 2.75) is 12.5 Å². The highest BCUT2D eigenvalue weighted by atomic mass is 15.1. The highest BCUT2D eigenvalue weighted by Crippen LogP contribution is 2.16. The molecule has 0 bridgehead atoms. The van der Waals surface area contributed by atoms with Crippen molar-refractivity contribution >= 4 is 0 Å². The highest BCUT2D eigenvalue weighted by molar-refractivity contribution is 5.20. The number of nitrogens with zero attached hydrogens (tertiary/aromatic N) is 2. The van der Waals surface area contributed by atoms with Crippen LogP contribution < -0.4 is 5.73 Å². The van der Waals surface area contributed by atoms with Gasteiger partial charge in [0.05, 0.1) is 0 Å². The fourth-order valence-electron chi connectivity index (χ4n) is 2.29. The van der Waals surface area contributed by atoms with Crippen molar-refractivity contribution in [2.75, 3.05) is 20.1 Å². The van der Waals surface area contributed by atoms with Gasteiger partial charge in [0, 0.05) is 37.9 Å². The quantitative estimate of drug-likeness (QED) is 0.861. The van der Waals surface area contributed by atoms with E-state index in [2.05, 4.69) is 47.3 Å².